The quantitative estimate of drug-likeness (QED) is 0.160. The van der Waals surface area contributed by atoms with Gasteiger partial charge in [0, 0.05) is 9.26 Å². The fourth-order valence-corrected chi connectivity index (χ4v) is 4.69. The lowest BCUT2D eigenvalue weighted by Crippen LogP contribution is -2.36. The van der Waals surface area contributed by atoms with Crippen molar-refractivity contribution < 1.29 is 28.6 Å². The van der Waals surface area contributed by atoms with Crippen molar-refractivity contribution in [2.24, 2.45) is 0 Å². The fraction of sp³-hybridized carbons (Fsp3) is 0.179. The highest BCUT2D eigenvalue weighted by Gasteiger charge is 2.36. The fourth-order valence-electron chi connectivity index (χ4n) is 3.49. The largest absolute Gasteiger partial charge is 0.490 e. The van der Waals surface area contributed by atoms with E-state index in [2.05, 4.69) is 27.9 Å². The van der Waals surface area contributed by atoms with E-state index in [9.17, 15) is 14.4 Å². The zero-order chi connectivity index (χ0) is 26.9. The van der Waals surface area contributed by atoms with E-state index in [-0.39, 0.29) is 11.4 Å². The van der Waals surface area contributed by atoms with Crippen LogP contribution < -0.4 is 19.5 Å². The minimum absolute atomic E-state index is 0.226. The molecule has 1 aliphatic heterocycles. The van der Waals surface area contributed by atoms with Crippen molar-refractivity contribution in [1.82, 2.24) is 4.90 Å². The van der Waals surface area contributed by atoms with Gasteiger partial charge in [0.2, 0.25) is 5.91 Å². The van der Waals surface area contributed by atoms with E-state index in [4.69, 9.17) is 14.2 Å². The summed E-state index contributed by atoms with van der Waals surface area (Å²) in [6.45, 7) is 2.60. The Hall–Kier alpha value is -3.51. The predicted molar refractivity (Wildman–Crippen MR) is 156 cm³/mol. The maximum Gasteiger partial charge on any atom is 0.294 e. The average Bonchev–Trinajstić information content (AvgIpc) is 3.17. The first-order chi connectivity index (χ1) is 18.4. The molecule has 8 nitrogen and oxygen atoms in total. The van der Waals surface area contributed by atoms with Gasteiger partial charge in [-0.1, -0.05) is 24.3 Å². The smallest absolute Gasteiger partial charge is 0.294 e. The Balaban J connectivity index is 1.38. The van der Waals surface area contributed by atoms with Crippen LogP contribution in [0.1, 0.15) is 12.5 Å². The van der Waals surface area contributed by atoms with Crippen LogP contribution >= 0.6 is 34.4 Å². The number of nitrogens with zero attached hydrogens (tertiary/aromatic N) is 1. The second kappa shape index (κ2) is 13.3. The van der Waals surface area contributed by atoms with E-state index in [1.54, 1.807) is 36.4 Å². The minimum Gasteiger partial charge on any atom is -0.490 e. The second-order valence-electron chi connectivity index (χ2n) is 7.97. The van der Waals surface area contributed by atoms with Gasteiger partial charge in [0.1, 0.15) is 25.5 Å². The third kappa shape index (κ3) is 7.51. The lowest BCUT2D eigenvalue weighted by atomic mass is 10.2. The number of benzene rings is 3. The first-order valence-corrected chi connectivity index (χ1v) is 13.7. The van der Waals surface area contributed by atoms with Crippen LogP contribution in [0.15, 0.2) is 77.7 Å². The Morgan fingerprint density at radius 2 is 1.68 bits per heavy atom. The molecule has 1 saturated heterocycles. The van der Waals surface area contributed by atoms with E-state index in [1.165, 1.54) is 0 Å². The summed E-state index contributed by atoms with van der Waals surface area (Å²) in [4.78, 5) is 39.0. The molecule has 3 aromatic carbocycles. The number of hydrogen-bond acceptors (Lipinski definition) is 7. The molecule has 0 spiro atoms. The maximum atomic E-state index is 12.9. The van der Waals surface area contributed by atoms with Crippen LogP contribution in [-0.2, 0) is 9.59 Å². The monoisotopic (exact) mass is 644 g/mol. The molecule has 1 fully saturated rings. The Labute approximate surface area is 238 Å². The van der Waals surface area contributed by atoms with E-state index in [0.717, 1.165) is 26.0 Å². The van der Waals surface area contributed by atoms with Crippen molar-refractivity contribution in [3.05, 3.63) is 86.8 Å². The third-order valence-electron chi connectivity index (χ3n) is 5.22. The molecular formula is C28H25IN2O6S. The summed E-state index contributed by atoms with van der Waals surface area (Å²) < 4.78 is 18.3. The second-order valence-corrected chi connectivity index (χ2v) is 10.2. The Morgan fingerprint density at radius 3 is 2.42 bits per heavy atom. The summed E-state index contributed by atoms with van der Waals surface area (Å²) in [7, 11) is 0. The van der Waals surface area contributed by atoms with Crippen molar-refractivity contribution in [1.29, 1.82) is 0 Å². The van der Waals surface area contributed by atoms with Gasteiger partial charge in [-0.2, -0.15) is 0 Å². The zero-order valence-corrected chi connectivity index (χ0v) is 23.5. The molecule has 0 saturated carbocycles. The molecule has 0 aromatic heterocycles. The van der Waals surface area contributed by atoms with Crippen LogP contribution in [-0.4, -0.2) is 48.3 Å². The van der Waals surface area contributed by atoms with Gasteiger partial charge in [-0.3, -0.25) is 19.3 Å². The van der Waals surface area contributed by atoms with Gasteiger partial charge in [-0.05, 0) is 101 Å². The number of carbonyl (C=O) groups is 3. The number of imide groups is 1. The molecule has 0 unspecified atom stereocenters. The summed E-state index contributed by atoms with van der Waals surface area (Å²) in [6.07, 6.45) is 1.60. The van der Waals surface area contributed by atoms with Crippen molar-refractivity contribution in [3.63, 3.8) is 0 Å². The lowest BCUT2D eigenvalue weighted by molar-refractivity contribution is -0.127. The van der Waals surface area contributed by atoms with Gasteiger partial charge < -0.3 is 19.5 Å². The zero-order valence-electron chi connectivity index (χ0n) is 20.5. The van der Waals surface area contributed by atoms with E-state index < -0.39 is 17.1 Å². The number of hydrogen-bond donors (Lipinski definition) is 1. The average molecular weight is 644 g/mol. The van der Waals surface area contributed by atoms with E-state index in [1.807, 2.05) is 49.4 Å². The number of rotatable bonds is 11. The molecule has 10 heteroatoms. The summed E-state index contributed by atoms with van der Waals surface area (Å²) >= 11 is 2.96. The number of halogens is 1. The van der Waals surface area contributed by atoms with Gasteiger partial charge in [0.05, 0.1) is 11.5 Å². The number of amides is 3. The van der Waals surface area contributed by atoms with Gasteiger partial charge in [0.25, 0.3) is 11.1 Å². The highest BCUT2D eigenvalue weighted by atomic mass is 127. The molecular weight excluding hydrogens is 619 g/mol. The van der Waals surface area contributed by atoms with Crippen LogP contribution in [0, 0.1) is 3.57 Å². The van der Waals surface area contributed by atoms with Crippen LogP contribution in [0.25, 0.3) is 6.08 Å². The first kappa shape index (κ1) is 27.5. The van der Waals surface area contributed by atoms with Gasteiger partial charge in [0.15, 0.2) is 11.5 Å². The Morgan fingerprint density at radius 1 is 0.947 bits per heavy atom. The third-order valence-corrected chi connectivity index (χ3v) is 6.85. The van der Waals surface area contributed by atoms with Crippen LogP contribution in [0.4, 0.5) is 10.5 Å². The predicted octanol–water partition coefficient (Wildman–Crippen LogP) is 5.82. The Bertz CT molecular complexity index is 1330. The minimum atomic E-state index is -0.519. The standard InChI is InChI=1S/C28H25IN2O6S/c1-2-35-24-16-19(8-13-23(24)37-15-14-36-22-6-4-3-5-7-22)17-25-27(33)31(28(34)38-25)18-26(32)30-21-11-9-20(29)10-12-21/h3-13,16-17H,2,14-15,18H2,1H3,(H,30,32)/b25-17-. The van der Waals surface area contributed by atoms with Crippen LogP contribution in [0.5, 0.6) is 17.2 Å². The summed E-state index contributed by atoms with van der Waals surface area (Å²) in [5.41, 5.74) is 1.26. The molecule has 3 aromatic rings. The molecule has 0 bridgehead atoms. The van der Waals surface area contributed by atoms with Crippen molar-refractivity contribution in [3.8, 4) is 17.2 Å². The summed E-state index contributed by atoms with van der Waals surface area (Å²) in [6, 6.07) is 21.9. The normalized spacial score (nSPS) is 14.1. The molecule has 4 rings (SSSR count). The number of nitrogens with one attached hydrogen (secondary N) is 1. The Kier molecular flexibility index (Phi) is 9.66. The highest BCUT2D eigenvalue weighted by Crippen LogP contribution is 2.34. The molecule has 196 valence electrons. The first-order valence-electron chi connectivity index (χ1n) is 11.8. The van der Waals surface area contributed by atoms with Crippen LogP contribution in [0.3, 0.4) is 0 Å². The summed E-state index contributed by atoms with van der Waals surface area (Å²) in [5.74, 6) is 0.844. The molecule has 3 amide bonds. The van der Waals surface area contributed by atoms with Crippen molar-refractivity contribution >= 4 is 63.2 Å². The molecule has 0 atom stereocenters. The summed E-state index contributed by atoms with van der Waals surface area (Å²) in [5, 5.41) is 2.21. The van der Waals surface area contributed by atoms with E-state index in [0.29, 0.717) is 42.6 Å². The van der Waals surface area contributed by atoms with Gasteiger partial charge in [-0.25, -0.2) is 0 Å². The highest BCUT2D eigenvalue weighted by molar-refractivity contribution is 14.1. The van der Waals surface area contributed by atoms with Crippen molar-refractivity contribution in [2.75, 3.05) is 31.7 Å². The van der Waals surface area contributed by atoms with Crippen LogP contribution in [0.2, 0.25) is 0 Å². The lowest BCUT2D eigenvalue weighted by Gasteiger charge is -2.13. The molecule has 1 aliphatic rings. The van der Waals surface area contributed by atoms with Crippen molar-refractivity contribution in [2.45, 2.75) is 6.92 Å². The number of thioether (sulfide) groups is 1. The number of para-hydroxylation sites is 1. The number of carbonyl (C=O) groups excluding carboxylic acids is 3. The molecule has 0 aliphatic carbocycles. The molecule has 1 heterocycles. The topological polar surface area (TPSA) is 94.2 Å². The number of anilines is 1. The molecule has 0 radical (unpaired) electrons. The van der Waals surface area contributed by atoms with Gasteiger partial charge in [-0.15, -0.1) is 0 Å². The van der Waals surface area contributed by atoms with E-state index >= 15 is 0 Å². The maximum absolute atomic E-state index is 12.9. The van der Waals surface area contributed by atoms with Gasteiger partial charge >= 0.3 is 0 Å². The number of ether oxygens (including phenoxy) is 3. The SMILES string of the molecule is CCOc1cc(/C=C2\SC(=O)N(CC(=O)Nc3ccc(I)cc3)C2=O)ccc1OCCOc1ccccc1. The molecule has 1 N–H and O–H groups in total. The molecule has 38 heavy (non-hydrogen) atoms.